The van der Waals surface area contributed by atoms with Crippen molar-refractivity contribution in [2.24, 2.45) is 5.73 Å². The first kappa shape index (κ1) is 7.64. The minimum Gasteiger partial charge on any atom is -0.363 e. The molecule has 1 aromatic rings. The zero-order valence-electron chi connectivity index (χ0n) is 4.79. The third kappa shape index (κ3) is 1.54. The molecule has 9 heavy (non-hydrogen) atoms. The van der Waals surface area contributed by atoms with Crippen LogP contribution >= 0.6 is 0 Å². The van der Waals surface area contributed by atoms with Gasteiger partial charge in [0.25, 0.3) is 5.91 Å². The van der Waals surface area contributed by atoms with Crippen LogP contribution in [0.3, 0.4) is 0 Å². The van der Waals surface area contributed by atoms with Crippen LogP contribution in [0.2, 0.25) is 0 Å². The van der Waals surface area contributed by atoms with Gasteiger partial charge in [-0.3, -0.25) is 4.79 Å². The van der Waals surface area contributed by atoms with Gasteiger partial charge in [0.15, 0.2) is 5.82 Å². The van der Waals surface area contributed by atoms with E-state index in [0.717, 1.165) is 0 Å². The molecular formula is C4H8N4O. The summed E-state index contributed by atoms with van der Waals surface area (Å²) in [7, 11) is 0. The maximum absolute atomic E-state index is 10.2. The molecule has 0 atom stereocenters. The molecule has 50 valence electrons. The van der Waals surface area contributed by atoms with Gasteiger partial charge >= 0.3 is 0 Å². The maximum atomic E-state index is 10.2. The average molecular weight is 128 g/mol. The lowest BCUT2D eigenvalue weighted by atomic mass is 10.6. The number of nitrogens with two attached hydrogens (primary N) is 1. The molecule has 0 aliphatic carbocycles. The van der Waals surface area contributed by atoms with Gasteiger partial charge in [0.05, 0.1) is 0 Å². The summed E-state index contributed by atoms with van der Waals surface area (Å²) in [6, 6.07) is 0. The molecule has 0 radical (unpaired) electrons. The van der Waals surface area contributed by atoms with Gasteiger partial charge in [0.1, 0.15) is 0 Å². The summed E-state index contributed by atoms with van der Waals surface area (Å²) in [5.74, 6) is -0.333. The first-order valence-corrected chi connectivity index (χ1v) is 2.10. The number of carbonyl (C=O) groups excluding carboxylic acids is 1. The molecule has 0 aliphatic rings. The van der Waals surface area contributed by atoms with Crippen LogP contribution in [0, 0.1) is 0 Å². The number of hydrogen-bond donors (Lipinski definition) is 3. The Kier molecular flexibility index (Phi) is 2.40. The molecule has 0 unspecified atom stereocenters. The van der Waals surface area contributed by atoms with E-state index in [1.807, 2.05) is 0 Å². The van der Waals surface area contributed by atoms with E-state index in [1.165, 1.54) is 6.20 Å². The number of H-pyrrole nitrogens is 1. The molecule has 0 spiro atoms. The SMILES string of the molecule is N.NC(=O)c1ncc[nH]1. The minimum atomic E-state index is -0.532. The molecule has 1 amide bonds. The Labute approximate surface area is 51.9 Å². The van der Waals surface area contributed by atoms with Crippen molar-refractivity contribution in [3.63, 3.8) is 0 Å². The minimum absolute atomic E-state index is 0. The fourth-order valence-electron chi connectivity index (χ4n) is 0.400. The quantitative estimate of drug-likeness (QED) is 0.482. The number of nitrogens with one attached hydrogen (secondary N) is 1. The van der Waals surface area contributed by atoms with Crippen LogP contribution in [0.4, 0.5) is 0 Å². The van der Waals surface area contributed by atoms with Crippen LogP contribution in [-0.2, 0) is 0 Å². The molecule has 0 saturated heterocycles. The van der Waals surface area contributed by atoms with Gasteiger partial charge in [-0.1, -0.05) is 0 Å². The lowest BCUT2D eigenvalue weighted by Crippen LogP contribution is -2.12. The van der Waals surface area contributed by atoms with Crippen LogP contribution < -0.4 is 11.9 Å². The second-order valence-electron chi connectivity index (χ2n) is 1.30. The van der Waals surface area contributed by atoms with Gasteiger partial charge in [-0.05, 0) is 0 Å². The van der Waals surface area contributed by atoms with E-state index in [9.17, 15) is 4.79 Å². The summed E-state index contributed by atoms with van der Waals surface area (Å²) in [5.41, 5.74) is 4.83. The van der Waals surface area contributed by atoms with Crippen LogP contribution in [-0.4, -0.2) is 15.9 Å². The summed E-state index contributed by atoms with van der Waals surface area (Å²) < 4.78 is 0. The van der Waals surface area contributed by atoms with Gasteiger partial charge < -0.3 is 16.9 Å². The number of aromatic nitrogens is 2. The van der Waals surface area contributed by atoms with Crippen LogP contribution in [0.5, 0.6) is 0 Å². The standard InChI is InChI=1S/C4H5N3O.H3N/c5-3(8)4-6-1-2-7-4;/h1-2H,(H2,5,8)(H,6,7);1H3. The predicted molar refractivity (Wildman–Crippen MR) is 32.1 cm³/mol. The number of amides is 1. The highest BCUT2D eigenvalue weighted by Gasteiger charge is 1.97. The van der Waals surface area contributed by atoms with Crippen LogP contribution in [0.15, 0.2) is 12.4 Å². The smallest absolute Gasteiger partial charge is 0.284 e. The summed E-state index contributed by atoms with van der Waals surface area (Å²) in [5, 5.41) is 0. The average Bonchev–Trinajstić information content (AvgIpc) is 2.12. The van der Waals surface area contributed by atoms with E-state index in [0.29, 0.717) is 0 Å². The molecule has 5 nitrogen and oxygen atoms in total. The Morgan fingerprint density at radius 1 is 1.78 bits per heavy atom. The zero-order chi connectivity index (χ0) is 5.98. The van der Waals surface area contributed by atoms with Gasteiger partial charge in [0, 0.05) is 12.4 Å². The van der Waals surface area contributed by atoms with Crippen molar-refractivity contribution in [3.05, 3.63) is 18.2 Å². The maximum Gasteiger partial charge on any atom is 0.284 e. The van der Waals surface area contributed by atoms with Crippen molar-refractivity contribution in [3.8, 4) is 0 Å². The summed E-state index contributed by atoms with van der Waals surface area (Å²) in [6.07, 6.45) is 3.01. The van der Waals surface area contributed by atoms with E-state index in [1.54, 1.807) is 6.20 Å². The largest absolute Gasteiger partial charge is 0.363 e. The number of rotatable bonds is 1. The Morgan fingerprint density at radius 2 is 2.44 bits per heavy atom. The summed E-state index contributed by atoms with van der Waals surface area (Å²) in [4.78, 5) is 16.3. The van der Waals surface area contributed by atoms with E-state index < -0.39 is 5.91 Å². The fourth-order valence-corrected chi connectivity index (χ4v) is 0.400. The lowest BCUT2D eigenvalue weighted by Gasteiger charge is -1.80. The third-order valence-electron chi connectivity index (χ3n) is 0.732. The Morgan fingerprint density at radius 3 is 2.67 bits per heavy atom. The second-order valence-corrected chi connectivity index (χ2v) is 1.30. The second kappa shape index (κ2) is 2.83. The normalized spacial score (nSPS) is 8.00. The van der Waals surface area contributed by atoms with E-state index >= 15 is 0 Å². The number of nitrogens with zero attached hydrogens (tertiary/aromatic N) is 1. The van der Waals surface area contributed by atoms with E-state index in [4.69, 9.17) is 5.73 Å². The van der Waals surface area contributed by atoms with E-state index in [2.05, 4.69) is 9.97 Å². The molecule has 0 fully saturated rings. The van der Waals surface area contributed by atoms with Crippen molar-refractivity contribution in [1.82, 2.24) is 16.1 Å². The van der Waals surface area contributed by atoms with E-state index in [-0.39, 0.29) is 12.0 Å². The Balaban J connectivity index is 0.000000640. The predicted octanol–water partition coefficient (Wildman–Crippen LogP) is -0.329. The van der Waals surface area contributed by atoms with Gasteiger partial charge in [0.2, 0.25) is 0 Å². The number of aromatic amines is 1. The van der Waals surface area contributed by atoms with Crippen molar-refractivity contribution in [2.75, 3.05) is 0 Å². The highest BCUT2D eigenvalue weighted by atomic mass is 16.1. The summed E-state index contributed by atoms with van der Waals surface area (Å²) >= 11 is 0. The molecule has 6 N–H and O–H groups in total. The number of primary amides is 1. The first-order chi connectivity index (χ1) is 3.80. The molecular weight excluding hydrogens is 120 g/mol. The zero-order valence-corrected chi connectivity index (χ0v) is 4.79. The van der Waals surface area contributed by atoms with Crippen LogP contribution in [0.25, 0.3) is 0 Å². The highest BCUT2D eigenvalue weighted by molar-refractivity contribution is 5.88. The molecule has 1 aromatic heterocycles. The van der Waals surface area contributed by atoms with Crippen molar-refractivity contribution in [1.29, 1.82) is 0 Å². The highest BCUT2D eigenvalue weighted by Crippen LogP contribution is 1.82. The van der Waals surface area contributed by atoms with Crippen molar-refractivity contribution < 1.29 is 4.79 Å². The van der Waals surface area contributed by atoms with Gasteiger partial charge in [-0.2, -0.15) is 0 Å². The van der Waals surface area contributed by atoms with Crippen molar-refractivity contribution in [2.45, 2.75) is 0 Å². The first-order valence-electron chi connectivity index (χ1n) is 2.10. The van der Waals surface area contributed by atoms with Gasteiger partial charge in [-0.15, -0.1) is 0 Å². The molecule has 0 aliphatic heterocycles. The fraction of sp³-hybridized carbons (Fsp3) is 0. The molecule has 0 saturated carbocycles. The molecule has 5 heteroatoms. The Bertz CT molecular complexity index is 180. The monoisotopic (exact) mass is 128 g/mol. The van der Waals surface area contributed by atoms with Crippen molar-refractivity contribution >= 4 is 5.91 Å². The summed E-state index contributed by atoms with van der Waals surface area (Å²) in [6.45, 7) is 0. The van der Waals surface area contributed by atoms with Crippen LogP contribution in [0.1, 0.15) is 10.6 Å². The Hall–Kier alpha value is -1.36. The molecule has 1 rings (SSSR count). The number of imidazole rings is 1. The lowest BCUT2D eigenvalue weighted by molar-refractivity contribution is 0.0991. The topological polar surface area (TPSA) is 107 Å². The molecule has 0 aromatic carbocycles. The number of hydrogen-bond acceptors (Lipinski definition) is 3. The third-order valence-corrected chi connectivity index (χ3v) is 0.732. The molecule has 1 heterocycles. The van der Waals surface area contributed by atoms with Gasteiger partial charge in [-0.25, -0.2) is 4.98 Å². The molecule has 0 bridgehead atoms. The number of carbonyl (C=O) groups is 1.